The number of alkyl halides is 3. The molecule has 128 valence electrons. The van der Waals surface area contributed by atoms with Crippen molar-refractivity contribution < 1.29 is 18.0 Å². The van der Waals surface area contributed by atoms with Crippen LogP contribution in [0.4, 0.5) is 13.2 Å². The van der Waals surface area contributed by atoms with Crippen LogP contribution in [0.15, 0.2) is 36.5 Å². The molecule has 0 aliphatic carbocycles. The normalized spacial score (nSPS) is 11.6. The van der Waals surface area contributed by atoms with Gasteiger partial charge >= 0.3 is 6.18 Å². The molecule has 0 aliphatic rings. The second-order valence-electron chi connectivity index (χ2n) is 5.61. The molecule has 0 radical (unpaired) electrons. The maximum atomic E-state index is 12.6. The van der Waals surface area contributed by atoms with Crippen LogP contribution in [-0.2, 0) is 12.7 Å². The summed E-state index contributed by atoms with van der Waals surface area (Å²) in [6.07, 6.45) is -3.80. The molecule has 3 nitrogen and oxygen atoms in total. The van der Waals surface area contributed by atoms with Gasteiger partial charge in [0.15, 0.2) is 0 Å². The molecule has 0 aliphatic heterocycles. The molecule has 0 spiro atoms. The van der Waals surface area contributed by atoms with Crippen LogP contribution >= 0.6 is 11.6 Å². The maximum absolute atomic E-state index is 12.6. The zero-order chi connectivity index (χ0) is 17.9. The first-order valence-electron chi connectivity index (χ1n) is 7.28. The Morgan fingerprint density at radius 1 is 1.25 bits per heavy atom. The van der Waals surface area contributed by atoms with Crippen molar-refractivity contribution >= 4 is 17.5 Å². The van der Waals surface area contributed by atoms with E-state index in [9.17, 15) is 18.0 Å². The lowest BCUT2D eigenvalue weighted by Gasteiger charge is -2.10. The third kappa shape index (κ3) is 4.47. The van der Waals surface area contributed by atoms with Gasteiger partial charge in [-0.15, -0.1) is 0 Å². The molecule has 2 aromatic rings. The zero-order valence-corrected chi connectivity index (χ0v) is 13.9. The average molecular weight is 357 g/mol. The van der Waals surface area contributed by atoms with Crippen LogP contribution in [0, 0.1) is 0 Å². The van der Waals surface area contributed by atoms with Crippen LogP contribution in [0.2, 0.25) is 5.02 Å². The number of carbonyl (C=O) groups excluding carboxylic acids is 1. The van der Waals surface area contributed by atoms with E-state index in [-0.39, 0.29) is 23.2 Å². The first-order chi connectivity index (χ1) is 11.2. The van der Waals surface area contributed by atoms with Gasteiger partial charge in [0, 0.05) is 11.8 Å². The molecule has 7 heteroatoms. The summed E-state index contributed by atoms with van der Waals surface area (Å²) >= 11 is 5.81. The second kappa shape index (κ2) is 7.21. The van der Waals surface area contributed by atoms with E-state index in [0.29, 0.717) is 17.7 Å². The van der Waals surface area contributed by atoms with Gasteiger partial charge in [0.1, 0.15) is 0 Å². The minimum Gasteiger partial charge on any atom is -0.346 e. The highest BCUT2D eigenvalue weighted by molar-refractivity contribution is 6.31. The van der Waals surface area contributed by atoms with Gasteiger partial charge in [-0.1, -0.05) is 37.6 Å². The fourth-order valence-electron chi connectivity index (χ4n) is 2.04. The molecule has 2 rings (SSSR count). The predicted molar refractivity (Wildman–Crippen MR) is 86.0 cm³/mol. The van der Waals surface area contributed by atoms with E-state index in [1.54, 1.807) is 12.1 Å². The zero-order valence-electron chi connectivity index (χ0n) is 13.1. The van der Waals surface area contributed by atoms with E-state index < -0.39 is 11.7 Å². The Balaban J connectivity index is 2.04. The van der Waals surface area contributed by atoms with Crippen molar-refractivity contribution in [1.82, 2.24) is 10.3 Å². The van der Waals surface area contributed by atoms with E-state index in [2.05, 4.69) is 10.3 Å². The molecule has 1 aromatic heterocycles. The number of nitrogens with one attached hydrogen (secondary N) is 1. The van der Waals surface area contributed by atoms with Crippen molar-refractivity contribution in [3.8, 4) is 0 Å². The van der Waals surface area contributed by atoms with E-state index in [4.69, 9.17) is 11.6 Å². The summed E-state index contributed by atoms with van der Waals surface area (Å²) in [5.74, 6) is 0.0142. The molecular weight excluding hydrogens is 341 g/mol. The second-order valence-corrected chi connectivity index (χ2v) is 6.02. The van der Waals surface area contributed by atoms with Gasteiger partial charge in [-0.2, -0.15) is 13.2 Å². The molecule has 1 N–H and O–H groups in total. The summed E-state index contributed by atoms with van der Waals surface area (Å²) in [7, 11) is 0. The first-order valence-corrected chi connectivity index (χ1v) is 7.66. The Morgan fingerprint density at radius 3 is 2.38 bits per heavy atom. The fourth-order valence-corrected chi connectivity index (χ4v) is 2.27. The number of halogens is 4. The number of rotatable bonds is 4. The third-order valence-corrected chi connectivity index (χ3v) is 3.83. The number of nitrogens with zero attached hydrogens (tertiary/aromatic N) is 1. The number of pyridine rings is 1. The van der Waals surface area contributed by atoms with Crippen molar-refractivity contribution in [3.05, 3.63) is 63.9 Å². The lowest BCUT2D eigenvalue weighted by Crippen LogP contribution is -2.23. The van der Waals surface area contributed by atoms with E-state index in [1.165, 1.54) is 0 Å². The highest BCUT2D eigenvalue weighted by Crippen LogP contribution is 2.31. The number of hydrogen-bond acceptors (Lipinski definition) is 2. The molecule has 0 atom stereocenters. The summed E-state index contributed by atoms with van der Waals surface area (Å²) in [4.78, 5) is 15.8. The van der Waals surface area contributed by atoms with Crippen LogP contribution in [0.25, 0.3) is 0 Å². The topological polar surface area (TPSA) is 42.0 Å². The van der Waals surface area contributed by atoms with Crippen LogP contribution in [-0.4, -0.2) is 10.9 Å². The summed E-state index contributed by atoms with van der Waals surface area (Å²) in [5, 5.41) is 2.46. The highest BCUT2D eigenvalue weighted by Gasteiger charge is 2.31. The van der Waals surface area contributed by atoms with Crippen molar-refractivity contribution in [2.24, 2.45) is 0 Å². The molecule has 0 bridgehead atoms. The quantitative estimate of drug-likeness (QED) is 0.854. The molecule has 0 unspecified atom stereocenters. The van der Waals surface area contributed by atoms with Crippen molar-refractivity contribution in [2.45, 2.75) is 32.5 Å². The Morgan fingerprint density at radius 2 is 1.88 bits per heavy atom. The largest absolute Gasteiger partial charge is 0.417 e. The average Bonchev–Trinajstić information content (AvgIpc) is 2.52. The van der Waals surface area contributed by atoms with Gasteiger partial charge in [-0.05, 0) is 29.7 Å². The van der Waals surface area contributed by atoms with Crippen LogP contribution in [0.3, 0.4) is 0 Å². The molecule has 1 aromatic carbocycles. The predicted octanol–water partition coefficient (Wildman–Crippen LogP) is 4.81. The Labute approximate surface area is 142 Å². The maximum Gasteiger partial charge on any atom is 0.417 e. The van der Waals surface area contributed by atoms with Crippen molar-refractivity contribution in [2.75, 3.05) is 0 Å². The van der Waals surface area contributed by atoms with Gasteiger partial charge < -0.3 is 5.32 Å². The highest BCUT2D eigenvalue weighted by atomic mass is 35.5. The number of hydrogen-bond donors (Lipinski definition) is 1. The Kier molecular flexibility index (Phi) is 5.49. The monoisotopic (exact) mass is 356 g/mol. The van der Waals surface area contributed by atoms with Gasteiger partial charge in [0.05, 0.1) is 22.8 Å². The van der Waals surface area contributed by atoms with Crippen LogP contribution in [0.5, 0.6) is 0 Å². The molecule has 0 fully saturated rings. The van der Waals surface area contributed by atoms with E-state index in [0.717, 1.165) is 11.6 Å². The molecule has 1 amide bonds. The van der Waals surface area contributed by atoms with Gasteiger partial charge in [0.2, 0.25) is 0 Å². The summed E-state index contributed by atoms with van der Waals surface area (Å²) < 4.78 is 37.7. The van der Waals surface area contributed by atoms with E-state index >= 15 is 0 Å². The van der Waals surface area contributed by atoms with Gasteiger partial charge in [0.25, 0.3) is 5.91 Å². The number of benzene rings is 1. The molecule has 1 heterocycles. The third-order valence-electron chi connectivity index (χ3n) is 3.50. The SMILES string of the molecule is CC(C)c1ccc(C(=O)NCc2ncc(C(F)(F)F)cc2Cl)cc1. The molecule has 24 heavy (non-hydrogen) atoms. The first kappa shape index (κ1) is 18.3. The summed E-state index contributed by atoms with van der Waals surface area (Å²) in [6.45, 7) is 4.04. The van der Waals surface area contributed by atoms with Crippen LogP contribution < -0.4 is 5.32 Å². The summed E-state index contributed by atoms with van der Waals surface area (Å²) in [6, 6.07) is 7.93. The molecule has 0 saturated carbocycles. The van der Waals surface area contributed by atoms with Crippen molar-refractivity contribution in [3.63, 3.8) is 0 Å². The standard InChI is InChI=1S/C17H16ClF3N2O/c1-10(2)11-3-5-12(6-4-11)16(24)23-9-15-14(18)7-13(8-22-15)17(19,20)21/h3-8,10H,9H2,1-2H3,(H,23,24). The minimum absolute atomic E-state index is 0.0538. The Hall–Kier alpha value is -2.08. The smallest absolute Gasteiger partial charge is 0.346 e. The summed E-state index contributed by atoms with van der Waals surface area (Å²) in [5.41, 5.74) is 0.824. The number of aromatic nitrogens is 1. The fraction of sp³-hybridized carbons (Fsp3) is 0.294. The lowest BCUT2D eigenvalue weighted by atomic mass is 10.0. The molecule has 0 saturated heterocycles. The van der Waals surface area contributed by atoms with E-state index in [1.807, 2.05) is 26.0 Å². The minimum atomic E-state index is -4.50. The van der Waals surface area contributed by atoms with Crippen LogP contribution in [0.1, 0.15) is 46.9 Å². The Bertz CT molecular complexity index is 728. The number of amides is 1. The molecular formula is C17H16ClF3N2O. The van der Waals surface area contributed by atoms with Gasteiger partial charge in [-0.25, -0.2) is 0 Å². The van der Waals surface area contributed by atoms with Gasteiger partial charge in [-0.3, -0.25) is 9.78 Å². The van der Waals surface area contributed by atoms with Crippen molar-refractivity contribution in [1.29, 1.82) is 0 Å². The lowest BCUT2D eigenvalue weighted by molar-refractivity contribution is -0.137. The number of carbonyl (C=O) groups is 1.